The quantitative estimate of drug-likeness (QED) is 0.197. The fourth-order valence-corrected chi connectivity index (χ4v) is 7.38. The maximum Gasteiger partial charge on any atom is 0.160 e. The van der Waals surface area contributed by atoms with Crippen molar-refractivity contribution < 1.29 is 4.42 Å². The molecule has 1 N–H and O–H groups in total. The second kappa shape index (κ2) is 11.0. The van der Waals surface area contributed by atoms with Gasteiger partial charge in [-0.1, -0.05) is 146 Å². The Balaban J connectivity index is 1.22. The highest BCUT2D eigenvalue weighted by Gasteiger charge is 2.25. The number of nitrogens with zero attached hydrogens (tertiary/aromatic N) is 2. The van der Waals surface area contributed by atoms with Crippen molar-refractivity contribution in [3.63, 3.8) is 0 Å². The smallest absolute Gasteiger partial charge is 0.160 e. The number of benzene rings is 8. The van der Waals surface area contributed by atoms with E-state index in [-0.39, 0.29) is 6.17 Å². The molecule has 4 nitrogen and oxygen atoms in total. The predicted octanol–water partition coefficient (Wildman–Crippen LogP) is 11.2. The van der Waals surface area contributed by atoms with E-state index in [1.807, 2.05) is 18.2 Å². The molecule has 9 aromatic rings. The maximum absolute atomic E-state index is 6.63. The van der Waals surface area contributed by atoms with Gasteiger partial charge in [-0.3, -0.25) is 0 Å². The van der Waals surface area contributed by atoms with Gasteiger partial charge in [-0.05, 0) is 61.6 Å². The number of fused-ring (bicyclic) bond motifs is 7. The highest BCUT2D eigenvalue weighted by Crippen LogP contribution is 2.39. The molecule has 4 heteroatoms. The number of nitrogens with one attached hydrogen (secondary N) is 1. The van der Waals surface area contributed by atoms with Crippen LogP contribution in [0, 0.1) is 0 Å². The van der Waals surface area contributed by atoms with Crippen molar-refractivity contribution in [2.45, 2.75) is 6.17 Å². The first-order chi connectivity index (χ1) is 24.3. The van der Waals surface area contributed by atoms with Crippen LogP contribution >= 0.6 is 0 Å². The summed E-state index contributed by atoms with van der Waals surface area (Å²) in [5.41, 5.74) is 6.92. The number of aliphatic imine (C=N–C) groups is 2. The van der Waals surface area contributed by atoms with Crippen LogP contribution < -0.4 is 5.32 Å². The highest BCUT2D eigenvalue weighted by molar-refractivity contribution is 6.25. The number of hydrogen-bond donors (Lipinski definition) is 1. The molecular formula is C45H29N3O. The van der Waals surface area contributed by atoms with Gasteiger partial charge in [0.1, 0.15) is 23.2 Å². The van der Waals surface area contributed by atoms with Crippen LogP contribution in [0.5, 0.6) is 0 Å². The van der Waals surface area contributed by atoms with Gasteiger partial charge in [-0.25, -0.2) is 9.98 Å². The molecule has 0 bridgehead atoms. The Kier molecular flexibility index (Phi) is 6.21. The molecule has 0 radical (unpaired) electrons. The van der Waals surface area contributed by atoms with Crippen molar-refractivity contribution in [2.24, 2.45) is 9.98 Å². The molecule has 0 fully saturated rings. The Morgan fingerprint density at radius 1 is 0.490 bits per heavy atom. The van der Waals surface area contributed by atoms with E-state index < -0.39 is 0 Å². The van der Waals surface area contributed by atoms with Gasteiger partial charge < -0.3 is 9.73 Å². The van der Waals surface area contributed by atoms with Gasteiger partial charge in [-0.15, -0.1) is 0 Å². The summed E-state index contributed by atoms with van der Waals surface area (Å²) in [6.07, 6.45) is -0.356. The van der Waals surface area contributed by atoms with Crippen LogP contribution in [0.4, 0.5) is 0 Å². The van der Waals surface area contributed by atoms with Crippen LogP contribution in [0.3, 0.4) is 0 Å². The lowest BCUT2D eigenvalue weighted by Crippen LogP contribution is -2.33. The van der Waals surface area contributed by atoms with Crippen LogP contribution in [0.2, 0.25) is 0 Å². The lowest BCUT2D eigenvalue weighted by atomic mass is 9.96. The topological polar surface area (TPSA) is 49.9 Å². The van der Waals surface area contributed by atoms with Gasteiger partial charge in [0.2, 0.25) is 0 Å². The molecule has 0 saturated carbocycles. The van der Waals surface area contributed by atoms with Gasteiger partial charge in [0.15, 0.2) is 5.84 Å². The van der Waals surface area contributed by atoms with Gasteiger partial charge >= 0.3 is 0 Å². The molecule has 8 aromatic carbocycles. The summed E-state index contributed by atoms with van der Waals surface area (Å²) in [4.78, 5) is 10.7. The van der Waals surface area contributed by atoms with E-state index >= 15 is 0 Å². The second-order valence-electron chi connectivity index (χ2n) is 12.6. The lowest BCUT2D eigenvalue weighted by Gasteiger charge is -2.25. The van der Waals surface area contributed by atoms with E-state index in [0.717, 1.165) is 61.0 Å². The Hall–Kier alpha value is -6.52. The molecule has 2 heterocycles. The Bertz CT molecular complexity index is 2810. The molecule has 49 heavy (non-hydrogen) atoms. The Labute approximate surface area is 282 Å². The van der Waals surface area contributed by atoms with Crippen LogP contribution in [-0.4, -0.2) is 11.7 Å². The minimum atomic E-state index is -0.356. The van der Waals surface area contributed by atoms with Crippen LogP contribution in [-0.2, 0) is 0 Å². The van der Waals surface area contributed by atoms with E-state index in [2.05, 4.69) is 151 Å². The molecule has 0 spiro atoms. The van der Waals surface area contributed by atoms with Crippen molar-refractivity contribution in [1.29, 1.82) is 0 Å². The summed E-state index contributed by atoms with van der Waals surface area (Å²) in [6, 6.07) is 57.4. The largest absolute Gasteiger partial charge is 0.455 e. The Morgan fingerprint density at radius 2 is 1.18 bits per heavy atom. The van der Waals surface area contributed by atoms with Gasteiger partial charge in [0.05, 0.1) is 0 Å². The first-order valence-electron chi connectivity index (χ1n) is 16.6. The van der Waals surface area contributed by atoms with Crippen molar-refractivity contribution in [3.8, 4) is 11.1 Å². The highest BCUT2D eigenvalue weighted by atomic mass is 16.3. The van der Waals surface area contributed by atoms with Crippen LogP contribution in [0.25, 0.3) is 65.4 Å². The molecule has 1 aromatic heterocycles. The first-order valence-corrected chi connectivity index (χ1v) is 16.6. The minimum absolute atomic E-state index is 0.356. The SMILES string of the molecule is c1ccc(-c2cccc3c2oc2cccc(C4=NC(c5ccc6ccccc6c5)NC(c5cc6ccccc6c6ccccc56)=N4)c23)cc1. The summed E-state index contributed by atoms with van der Waals surface area (Å²) in [7, 11) is 0. The summed E-state index contributed by atoms with van der Waals surface area (Å²) < 4.78 is 6.63. The molecule has 0 aliphatic carbocycles. The third-order valence-electron chi connectivity index (χ3n) is 9.70. The van der Waals surface area contributed by atoms with Crippen LogP contribution in [0.15, 0.2) is 178 Å². The van der Waals surface area contributed by atoms with E-state index in [1.165, 1.54) is 26.9 Å². The number of para-hydroxylation sites is 1. The summed E-state index contributed by atoms with van der Waals surface area (Å²) in [6.45, 7) is 0. The standard InChI is InChI=1S/C45H29N3O/c1-2-13-29(14-3-1)34-20-10-21-37-41-38(22-11-23-40(41)49-42(34)37)44-46-43(32-25-24-28-12-4-5-15-30(28)26-32)47-45(48-44)39-27-31-16-6-7-17-33(31)35-18-8-9-19-36(35)39/h1-27,43H,(H,46,47,48). The first kappa shape index (κ1) is 27.6. The number of rotatable bonds is 4. The second-order valence-corrected chi connectivity index (χ2v) is 12.6. The zero-order valence-electron chi connectivity index (χ0n) is 26.5. The number of hydrogen-bond acceptors (Lipinski definition) is 4. The average Bonchev–Trinajstić information content (AvgIpc) is 3.57. The summed E-state index contributed by atoms with van der Waals surface area (Å²) in [5, 5.41) is 12.9. The fraction of sp³-hybridized carbons (Fsp3) is 0.0222. The van der Waals surface area contributed by atoms with Gasteiger partial charge in [0.25, 0.3) is 0 Å². The third kappa shape index (κ3) is 4.53. The molecule has 1 aliphatic heterocycles. The summed E-state index contributed by atoms with van der Waals surface area (Å²) in [5.74, 6) is 1.46. The Morgan fingerprint density at radius 3 is 2.06 bits per heavy atom. The maximum atomic E-state index is 6.63. The third-order valence-corrected chi connectivity index (χ3v) is 9.70. The minimum Gasteiger partial charge on any atom is -0.455 e. The van der Waals surface area contributed by atoms with E-state index in [4.69, 9.17) is 14.4 Å². The monoisotopic (exact) mass is 627 g/mol. The van der Waals surface area contributed by atoms with Crippen molar-refractivity contribution in [2.75, 3.05) is 0 Å². The van der Waals surface area contributed by atoms with E-state index in [9.17, 15) is 0 Å². The van der Waals surface area contributed by atoms with Crippen molar-refractivity contribution in [1.82, 2.24) is 5.32 Å². The van der Waals surface area contributed by atoms with Gasteiger partial charge in [-0.2, -0.15) is 0 Å². The predicted molar refractivity (Wildman–Crippen MR) is 204 cm³/mol. The fourth-order valence-electron chi connectivity index (χ4n) is 7.38. The van der Waals surface area contributed by atoms with Crippen molar-refractivity contribution in [3.05, 3.63) is 180 Å². The normalized spacial score (nSPS) is 14.7. The molecule has 10 rings (SSSR count). The molecule has 230 valence electrons. The van der Waals surface area contributed by atoms with Crippen LogP contribution in [0.1, 0.15) is 22.9 Å². The molecule has 1 unspecified atom stereocenters. The van der Waals surface area contributed by atoms with Gasteiger partial charge in [0, 0.05) is 27.5 Å². The van der Waals surface area contributed by atoms with Crippen molar-refractivity contribution >= 4 is 65.9 Å². The number of amidine groups is 2. The summed E-state index contributed by atoms with van der Waals surface area (Å²) >= 11 is 0. The molecule has 0 saturated heterocycles. The molecule has 1 atom stereocenters. The zero-order chi connectivity index (χ0) is 32.3. The van der Waals surface area contributed by atoms with E-state index in [1.54, 1.807) is 0 Å². The molecule has 0 amide bonds. The molecule has 1 aliphatic rings. The number of furan rings is 1. The molecular weight excluding hydrogens is 599 g/mol. The lowest BCUT2D eigenvalue weighted by molar-refractivity contribution is 0.669. The zero-order valence-corrected chi connectivity index (χ0v) is 26.5. The van der Waals surface area contributed by atoms with E-state index in [0.29, 0.717) is 5.84 Å². The average molecular weight is 628 g/mol.